The maximum atomic E-state index is 12.9. The summed E-state index contributed by atoms with van der Waals surface area (Å²) in [6.45, 7) is 6.01. The maximum Gasteiger partial charge on any atom is 0.252 e. The van der Waals surface area contributed by atoms with E-state index in [1.807, 2.05) is 30.3 Å². The van der Waals surface area contributed by atoms with Crippen LogP contribution in [-0.4, -0.2) is 45.4 Å². The van der Waals surface area contributed by atoms with Gasteiger partial charge in [-0.15, -0.1) is 0 Å². The second-order valence-corrected chi connectivity index (χ2v) is 9.92. The molecular formula is C22H29ClN2O4S. The fourth-order valence-electron chi connectivity index (χ4n) is 2.73. The number of ether oxygens (including phenoxy) is 1. The Morgan fingerprint density at radius 1 is 1.17 bits per heavy atom. The Morgan fingerprint density at radius 2 is 1.87 bits per heavy atom. The topological polar surface area (TPSA) is 75.7 Å². The number of hydrogen-bond acceptors (Lipinski definition) is 4. The van der Waals surface area contributed by atoms with Gasteiger partial charge in [-0.3, -0.25) is 4.79 Å². The number of benzene rings is 2. The molecule has 0 atom stereocenters. The summed E-state index contributed by atoms with van der Waals surface area (Å²) in [4.78, 5) is 12.5. The molecule has 0 spiro atoms. The van der Waals surface area contributed by atoms with Crippen molar-refractivity contribution in [3.05, 3.63) is 64.7 Å². The van der Waals surface area contributed by atoms with Gasteiger partial charge in [-0.1, -0.05) is 55.8 Å². The van der Waals surface area contributed by atoms with Gasteiger partial charge in [0.25, 0.3) is 5.91 Å². The zero-order valence-electron chi connectivity index (χ0n) is 17.6. The van der Waals surface area contributed by atoms with Crippen molar-refractivity contribution >= 4 is 27.5 Å². The number of sulfonamides is 1. The molecule has 0 aromatic heterocycles. The van der Waals surface area contributed by atoms with E-state index in [9.17, 15) is 13.2 Å². The highest BCUT2D eigenvalue weighted by atomic mass is 35.5. The quantitative estimate of drug-likeness (QED) is 0.524. The van der Waals surface area contributed by atoms with Crippen molar-refractivity contribution in [3.63, 3.8) is 0 Å². The zero-order chi connectivity index (χ0) is 22.1. The monoisotopic (exact) mass is 452 g/mol. The second-order valence-electron chi connectivity index (χ2n) is 7.47. The van der Waals surface area contributed by atoms with E-state index in [1.165, 1.54) is 29.6 Å². The van der Waals surface area contributed by atoms with Gasteiger partial charge in [-0.2, -0.15) is 4.31 Å². The van der Waals surface area contributed by atoms with E-state index >= 15 is 0 Å². The van der Waals surface area contributed by atoms with Crippen LogP contribution in [0.15, 0.2) is 53.4 Å². The lowest BCUT2D eigenvalue weighted by molar-refractivity contribution is 0.0925. The highest BCUT2D eigenvalue weighted by Gasteiger charge is 2.23. The summed E-state index contributed by atoms with van der Waals surface area (Å²) in [7, 11) is -2.27. The summed E-state index contributed by atoms with van der Waals surface area (Å²) >= 11 is 6.15. The Bertz CT molecular complexity index is 933. The first-order chi connectivity index (χ1) is 14.2. The third-order valence-corrected chi connectivity index (χ3v) is 6.47. The smallest absolute Gasteiger partial charge is 0.252 e. The lowest BCUT2D eigenvalue weighted by Gasteiger charge is -2.18. The first-order valence-electron chi connectivity index (χ1n) is 9.87. The molecular weight excluding hydrogens is 424 g/mol. The molecule has 0 aliphatic carbocycles. The van der Waals surface area contributed by atoms with Crippen LogP contribution in [0.1, 0.15) is 36.2 Å². The SMILES string of the molecule is CC(C)COCCCNC(=O)c1cc(S(=O)(=O)N(C)Cc2ccccc2)ccc1Cl. The molecule has 0 bridgehead atoms. The second kappa shape index (κ2) is 11.5. The normalized spacial score (nSPS) is 11.8. The lowest BCUT2D eigenvalue weighted by atomic mass is 10.2. The van der Waals surface area contributed by atoms with Crippen LogP contribution in [0.5, 0.6) is 0 Å². The molecule has 2 aromatic rings. The molecule has 2 aromatic carbocycles. The number of halogens is 1. The summed E-state index contributed by atoms with van der Waals surface area (Å²) in [6.07, 6.45) is 0.661. The molecule has 8 heteroatoms. The predicted molar refractivity (Wildman–Crippen MR) is 119 cm³/mol. The number of rotatable bonds is 11. The number of carbonyl (C=O) groups excluding carboxylic acids is 1. The minimum Gasteiger partial charge on any atom is -0.381 e. The van der Waals surface area contributed by atoms with Gasteiger partial charge >= 0.3 is 0 Å². The van der Waals surface area contributed by atoms with Crippen molar-refractivity contribution in [1.82, 2.24) is 9.62 Å². The van der Waals surface area contributed by atoms with Crippen molar-refractivity contribution < 1.29 is 17.9 Å². The van der Waals surface area contributed by atoms with Crippen LogP contribution >= 0.6 is 11.6 Å². The van der Waals surface area contributed by atoms with Gasteiger partial charge < -0.3 is 10.1 Å². The average molecular weight is 453 g/mol. The molecule has 0 unspecified atom stereocenters. The van der Waals surface area contributed by atoms with E-state index in [0.717, 1.165) is 5.56 Å². The average Bonchev–Trinajstić information content (AvgIpc) is 2.71. The third kappa shape index (κ3) is 7.09. The molecule has 0 radical (unpaired) electrons. The highest BCUT2D eigenvalue weighted by Crippen LogP contribution is 2.23. The molecule has 164 valence electrons. The van der Waals surface area contributed by atoms with Crippen molar-refractivity contribution in [2.45, 2.75) is 31.7 Å². The van der Waals surface area contributed by atoms with E-state index in [2.05, 4.69) is 19.2 Å². The Hall–Kier alpha value is -1.93. The van der Waals surface area contributed by atoms with E-state index in [0.29, 0.717) is 32.1 Å². The third-order valence-electron chi connectivity index (χ3n) is 4.34. The molecule has 0 aliphatic heterocycles. The predicted octanol–water partition coefficient (Wildman–Crippen LogP) is 3.95. The minimum atomic E-state index is -3.78. The maximum absolute atomic E-state index is 12.9. The van der Waals surface area contributed by atoms with Gasteiger partial charge in [0.1, 0.15) is 0 Å². The molecule has 0 heterocycles. The number of nitrogens with zero attached hydrogens (tertiary/aromatic N) is 1. The zero-order valence-corrected chi connectivity index (χ0v) is 19.2. The summed E-state index contributed by atoms with van der Waals surface area (Å²) in [6, 6.07) is 13.5. The first-order valence-corrected chi connectivity index (χ1v) is 11.7. The van der Waals surface area contributed by atoms with Crippen molar-refractivity contribution in [1.29, 1.82) is 0 Å². The van der Waals surface area contributed by atoms with Crippen LogP contribution in [0.3, 0.4) is 0 Å². The number of amides is 1. The molecule has 0 fully saturated rings. The van der Waals surface area contributed by atoms with Gasteiger partial charge in [-0.25, -0.2) is 8.42 Å². The van der Waals surface area contributed by atoms with Gasteiger partial charge in [0.2, 0.25) is 10.0 Å². The summed E-state index contributed by atoms with van der Waals surface area (Å²) in [5.74, 6) is 0.0507. The van der Waals surface area contributed by atoms with Gasteiger partial charge in [-0.05, 0) is 36.1 Å². The van der Waals surface area contributed by atoms with E-state index in [4.69, 9.17) is 16.3 Å². The molecule has 0 saturated heterocycles. The van der Waals surface area contributed by atoms with Crippen LogP contribution in [0.4, 0.5) is 0 Å². The minimum absolute atomic E-state index is 0.0238. The van der Waals surface area contributed by atoms with E-state index < -0.39 is 15.9 Å². The van der Waals surface area contributed by atoms with Crippen molar-refractivity contribution in [3.8, 4) is 0 Å². The molecule has 0 aliphatic rings. The molecule has 1 amide bonds. The van der Waals surface area contributed by atoms with Crippen molar-refractivity contribution in [2.24, 2.45) is 5.92 Å². The Morgan fingerprint density at radius 3 is 2.53 bits per heavy atom. The van der Waals surface area contributed by atoms with Crippen LogP contribution < -0.4 is 5.32 Å². The van der Waals surface area contributed by atoms with Crippen LogP contribution in [0, 0.1) is 5.92 Å². The largest absolute Gasteiger partial charge is 0.381 e. The van der Waals surface area contributed by atoms with Gasteiger partial charge in [0.05, 0.1) is 15.5 Å². The van der Waals surface area contributed by atoms with Crippen LogP contribution in [0.25, 0.3) is 0 Å². The standard InChI is InChI=1S/C22H29ClN2O4S/c1-17(2)16-29-13-7-12-24-22(26)20-14-19(10-11-21(20)23)30(27,28)25(3)15-18-8-5-4-6-9-18/h4-6,8-11,14,17H,7,12-13,15-16H2,1-3H3,(H,24,26). The summed E-state index contributed by atoms with van der Waals surface area (Å²) < 4.78 is 32.6. The Kier molecular flexibility index (Phi) is 9.30. The molecule has 30 heavy (non-hydrogen) atoms. The Labute approximate surface area is 184 Å². The van der Waals surface area contributed by atoms with E-state index in [-0.39, 0.29) is 22.0 Å². The fraction of sp³-hybridized carbons (Fsp3) is 0.409. The van der Waals surface area contributed by atoms with Crippen molar-refractivity contribution in [2.75, 3.05) is 26.8 Å². The highest BCUT2D eigenvalue weighted by molar-refractivity contribution is 7.89. The molecule has 6 nitrogen and oxygen atoms in total. The summed E-state index contributed by atoms with van der Waals surface area (Å²) in [5, 5.41) is 2.97. The van der Waals surface area contributed by atoms with Gasteiger partial charge in [0.15, 0.2) is 0 Å². The summed E-state index contributed by atoms with van der Waals surface area (Å²) in [5.41, 5.74) is 1.00. The number of carbonyl (C=O) groups is 1. The molecule has 1 N–H and O–H groups in total. The van der Waals surface area contributed by atoms with Crippen LogP contribution in [-0.2, 0) is 21.3 Å². The Balaban J connectivity index is 2.03. The van der Waals surface area contributed by atoms with Gasteiger partial charge in [0, 0.05) is 33.4 Å². The lowest BCUT2D eigenvalue weighted by Crippen LogP contribution is -2.28. The molecule has 2 rings (SSSR count). The number of nitrogens with one attached hydrogen (secondary N) is 1. The fourth-order valence-corrected chi connectivity index (χ4v) is 4.12. The number of hydrogen-bond donors (Lipinski definition) is 1. The molecule has 0 saturated carbocycles. The first kappa shape index (κ1) is 24.3. The van der Waals surface area contributed by atoms with E-state index in [1.54, 1.807) is 0 Å². The van der Waals surface area contributed by atoms with Crippen LogP contribution in [0.2, 0.25) is 5.02 Å².